The summed E-state index contributed by atoms with van der Waals surface area (Å²) in [6, 6.07) is 2.15. The highest BCUT2D eigenvalue weighted by atomic mass is 35.5. The van der Waals surface area contributed by atoms with E-state index in [1.54, 1.807) is 0 Å². The van der Waals surface area contributed by atoms with Gasteiger partial charge in [0.25, 0.3) is 11.6 Å². The molecule has 2 aliphatic rings. The summed E-state index contributed by atoms with van der Waals surface area (Å²) in [7, 11) is 0. The summed E-state index contributed by atoms with van der Waals surface area (Å²) >= 11 is 14.4. The Morgan fingerprint density at radius 3 is 2.48 bits per heavy atom. The molecule has 2 fully saturated rings. The second-order valence-corrected chi connectivity index (χ2v) is 10.2. The summed E-state index contributed by atoms with van der Waals surface area (Å²) < 4.78 is 0.360. The highest BCUT2D eigenvalue weighted by molar-refractivity contribution is 8.01. The topological polar surface area (TPSA) is 88.4 Å². The summed E-state index contributed by atoms with van der Waals surface area (Å²) in [6.45, 7) is 1.97. The van der Waals surface area contributed by atoms with Crippen LogP contribution in [-0.4, -0.2) is 45.9 Å². The van der Waals surface area contributed by atoms with Crippen molar-refractivity contribution in [1.82, 2.24) is 15.2 Å². The Morgan fingerprint density at radius 2 is 1.90 bits per heavy atom. The van der Waals surface area contributed by atoms with Crippen LogP contribution in [0.1, 0.15) is 35.4 Å². The number of halogens is 2. The number of nitrogens with one attached hydrogen (secondary N) is 1. The first-order chi connectivity index (χ1) is 13.9. The Morgan fingerprint density at radius 1 is 1.24 bits per heavy atom. The van der Waals surface area contributed by atoms with Crippen molar-refractivity contribution in [2.24, 2.45) is 0 Å². The summed E-state index contributed by atoms with van der Waals surface area (Å²) in [5.41, 5.74) is -0.127. The Labute approximate surface area is 185 Å². The molecule has 2 aromatic rings. The van der Waals surface area contributed by atoms with Gasteiger partial charge in [-0.2, -0.15) is 0 Å². The molecular formula is C18H18Cl2N4O3S2. The molecule has 1 saturated heterocycles. The number of carbonyl (C=O) groups is 1. The first-order valence-corrected chi connectivity index (χ1v) is 11.6. The van der Waals surface area contributed by atoms with Gasteiger partial charge in [-0.3, -0.25) is 19.9 Å². The Bertz CT molecular complexity index is 923. The molecule has 0 spiro atoms. The summed E-state index contributed by atoms with van der Waals surface area (Å²) in [5.74, 6) is -0.276. The molecule has 1 aliphatic carbocycles. The van der Waals surface area contributed by atoms with Gasteiger partial charge in [-0.05, 0) is 25.7 Å². The van der Waals surface area contributed by atoms with Gasteiger partial charge in [0, 0.05) is 43.6 Å². The van der Waals surface area contributed by atoms with Crippen molar-refractivity contribution in [2.45, 2.75) is 46.9 Å². The first kappa shape index (κ1) is 20.9. The average Bonchev–Trinajstić information content (AvgIpc) is 3.44. The molecule has 0 atom stereocenters. The van der Waals surface area contributed by atoms with Crippen LogP contribution in [0.5, 0.6) is 0 Å². The minimum absolute atomic E-state index is 0.0962. The van der Waals surface area contributed by atoms with Crippen LogP contribution >= 0.6 is 46.3 Å². The van der Waals surface area contributed by atoms with Crippen LogP contribution in [-0.2, 0) is 0 Å². The van der Waals surface area contributed by atoms with E-state index in [0.717, 1.165) is 55.1 Å². The lowest BCUT2D eigenvalue weighted by molar-refractivity contribution is -0.387. The molecular weight excluding hydrogens is 455 g/mol. The van der Waals surface area contributed by atoms with Gasteiger partial charge < -0.3 is 10.2 Å². The smallest absolute Gasteiger partial charge is 0.294 e. The molecule has 0 unspecified atom stereocenters. The minimum atomic E-state index is -0.493. The number of aromatic nitrogens is 1. The highest BCUT2D eigenvalue weighted by Crippen LogP contribution is 2.45. The number of piperidine rings is 1. The number of likely N-dealkylation sites (tertiary alicyclic amines) is 1. The summed E-state index contributed by atoms with van der Waals surface area (Å²) in [5, 5.41) is 15.1. The number of amides is 1. The van der Waals surface area contributed by atoms with Crippen LogP contribution in [0.3, 0.4) is 0 Å². The molecule has 4 rings (SSSR count). The van der Waals surface area contributed by atoms with Crippen molar-refractivity contribution < 1.29 is 9.72 Å². The molecule has 1 amide bonds. The second kappa shape index (κ2) is 8.77. The van der Waals surface area contributed by atoms with E-state index in [1.807, 2.05) is 0 Å². The van der Waals surface area contributed by atoms with Crippen molar-refractivity contribution in [3.63, 3.8) is 0 Å². The molecule has 0 bridgehead atoms. The number of nitrogens with zero attached hydrogens (tertiary/aromatic N) is 3. The van der Waals surface area contributed by atoms with Crippen molar-refractivity contribution in [3.8, 4) is 0 Å². The quantitative estimate of drug-likeness (QED) is 0.476. The molecule has 1 aliphatic heterocycles. The lowest BCUT2D eigenvalue weighted by Gasteiger charge is -2.32. The molecule has 0 aromatic carbocycles. The van der Waals surface area contributed by atoms with Gasteiger partial charge in [0.15, 0.2) is 0 Å². The van der Waals surface area contributed by atoms with E-state index in [9.17, 15) is 14.9 Å². The molecule has 2 aromatic heterocycles. The third-order valence-electron chi connectivity index (χ3n) is 5.03. The standard InChI is InChI=1S/C18H18Cl2N4O3S2/c19-12-8-21-9-13(20)16(12)29-18-14(24(26)27)7-15(28-18)17(25)22-10-3-5-23(6-4-10)11-1-2-11/h7-11H,1-6H2,(H,22,25). The number of pyridine rings is 1. The third-order valence-corrected chi connectivity index (χ3v) is 8.29. The number of nitro groups is 1. The van der Waals surface area contributed by atoms with Crippen molar-refractivity contribution >= 4 is 57.9 Å². The number of thiophene rings is 1. The second-order valence-electron chi connectivity index (χ2n) is 7.09. The van der Waals surface area contributed by atoms with Gasteiger partial charge in [0.2, 0.25) is 0 Å². The largest absolute Gasteiger partial charge is 0.349 e. The van der Waals surface area contributed by atoms with Gasteiger partial charge in [-0.25, -0.2) is 0 Å². The average molecular weight is 473 g/mol. The van der Waals surface area contributed by atoms with Gasteiger partial charge in [0.05, 0.1) is 19.9 Å². The van der Waals surface area contributed by atoms with E-state index < -0.39 is 4.92 Å². The predicted octanol–water partition coefficient (Wildman–Crippen LogP) is 4.87. The zero-order valence-electron chi connectivity index (χ0n) is 15.3. The Kier molecular flexibility index (Phi) is 6.31. The Hall–Kier alpha value is -1.39. The fraction of sp³-hybridized carbons (Fsp3) is 0.444. The molecule has 7 nitrogen and oxygen atoms in total. The van der Waals surface area contributed by atoms with Crippen LogP contribution in [0.25, 0.3) is 0 Å². The third kappa shape index (κ3) is 4.86. The number of hydrogen-bond acceptors (Lipinski definition) is 7. The lowest BCUT2D eigenvalue weighted by Crippen LogP contribution is -2.45. The molecule has 11 heteroatoms. The normalized spacial score (nSPS) is 18.0. The Balaban J connectivity index is 1.47. The molecule has 3 heterocycles. The van der Waals surface area contributed by atoms with Crippen LogP contribution in [0.4, 0.5) is 5.69 Å². The van der Waals surface area contributed by atoms with Crippen LogP contribution in [0, 0.1) is 10.1 Å². The van der Waals surface area contributed by atoms with E-state index >= 15 is 0 Å². The maximum atomic E-state index is 12.7. The van der Waals surface area contributed by atoms with Crippen LogP contribution in [0.2, 0.25) is 10.0 Å². The maximum Gasteiger partial charge on any atom is 0.294 e. The molecule has 1 saturated carbocycles. The molecule has 29 heavy (non-hydrogen) atoms. The monoisotopic (exact) mass is 472 g/mol. The zero-order chi connectivity index (χ0) is 20.5. The van der Waals surface area contributed by atoms with Crippen LogP contribution < -0.4 is 5.32 Å². The summed E-state index contributed by atoms with van der Waals surface area (Å²) in [4.78, 5) is 30.9. The minimum Gasteiger partial charge on any atom is -0.349 e. The highest BCUT2D eigenvalue weighted by Gasteiger charge is 2.32. The van der Waals surface area contributed by atoms with Crippen molar-refractivity contribution in [2.75, 3.05) is 13.1 Å². The molecule has 1 N–H and O–H groups in total. The van der Waals surface area contributed by atoms with E-state index in [4.69, 9.17) is 23.2 Å². The van der Waals surface area contributed by atoms with E-state index in [2.05, 4.69) is 15.2 Å². The van der Waals surface area contributed by atoms with Gasteiger partial charge >= 0.3 is 0 Å². The van der Waals surface area contributed by atoms with Crippen LogP contribution in [0.15, 0.2) is 27.6 Å². The van der Waals surface area contributed by atoms with E-state index in [0.29, 0.717) is 24.0 Å². The predicted molar refractivity (Wildman–Crippen MR) is 114 cm³/mol. The number of carbonyl (C=O) groups excluding carboxylic acids is 1. The fourth-order valence-corrected chi connectivity index (χ4v) is 6.14. The molecule has 0 radical (unpaired) electrons. The lowest BCUT2D eigenvalue weighted by atomic mass is 10.0. The van der Waals surface area contributed by atoms with Gasteiger partial charge in [-0.15, -0.1) is 11.3 Å². The van der Waals surface area contributed by atoms with E-state index in [-0.39, 0.29) is 17.6 Å². The van der Waals surface area contributed by atoms with E-state index in [1.165, 1.54) is 31.3 Å². The van der Waals surface area contributed by atoms with Crippen molar-refractivity contribution in [1.29, 1.82) is 0 Å². The summed E-state index contributed by atoms with van der Waals surface area (Å²) in [6.07, 6.45) is 7.22. The first-order valence-electron chi connectivity index (χ1n) is 9.22. The van der Waals surface area contributed by atoms with Gasteiger partial charge in [0.1, 0.15) is 9.09 Å². The van der Waals surface area contributed by atoms with Crippen molar-refractivity contribution in [3.05, 3.63) is 43.5 Å². The SMILES string of the molecule is O=C(NC1CCN(C2CC2)CC1)c1cc([N+](=O)[O-])c(Sc2c(Cl)cncc2Cl)s1. The maximum absolute atomic E-state index is 12.7. The van der Waals surface area contributed by atoms with Gasteiger partial charge in [-0.1, -0.05) is 35.0 Å². The molecule has 154 valence electrons. The zero-order valence-corrected chi connectivity index (χ0v) is 18.4. The number of rotatable bonds is 6. The fourth-order valence-electron chi connectivity index (χ4n) is 3.37. The number of hydrogen-bond donors (Lipinski definition) is 1.